The average Bonchev–Trinajstić information content (AvgIpc) is 3.05. The fraction of sp³-hybridized carbons (Fsp3) is 0.562. The summed E-state index contributed by atoms with van der Waals surface area (Å²) in [4.78, 5) is 7.09. The highest BCUT2D eigenvalue weighted by Crippen LogP contribution is 2.36. The van der Waals surface area contributed by atoms with Gasteiger partial charge >= 0.3 is 0 Å². The number of hydrogen-bond acceptors (Lipinski definition) is 2. The highest BCUT2D eigenvalue weighted by molar-refractivity contribution is 9.10. The van der Waals surface area contributed by atoms with Crippen LogP contribution in [0.5, 0.6) is 0 Å². The molecule has 3 rings (SSSR count). The van der Waals surface area contributed by atoms with E-state index in [1.165, 1.54) is 31.2 Å². The Kier molecular flexibility index (Phi) is 4.30. The average molecular weight is 371 g/mol. The molecule has 5 heteroatoms. The fourth-order valence-electron chi connectivity index (χ4n) is 3.50. The van der Waals surface area contributed by atoms with Crippen LogP contribution in [-0.4, -0.2) is 34.1 Å². The number of halogens is 2. The van der Waals surface area contributed by atoms with E-state index in [-0.39, 0.29) is 5.54 Å². The van der Waals surface area contributed by atoms with Crippen molar-refractivity contribution in [1.82, 2.24) is 14.5 Å². The van der Waals surface area contributed by atoms with Gasteiger partial charge in [-0.1, -0.05) is 28.8 Å². The second-order valence-electron chi connectivity index (χ2n) is 6.21. The maximum Gasteiger partial charge on any atom is 0.124 e. The van der Waals surface area contributed by atoms with Gasteiger partial charge in [0.1, 0.15) is 5.82 Å². The maximum atomic E-state index is 6.15. The largest absolute Gasteiger partial charge is 0.325 e. The first-order valence-corrected chi connectivity index (χ1v) is 8.76. The van der Waals surface area contributed by atoms with E-state index in [1.807, 2.05) is 6.07 Å². The van der Waals surface area contributed by atoms with Crippen molar-refractivity contribution in [2.75, 3.05) is 14.1 Å². The zero-order chi connectivity index (χ0) is 15.0. The molecule has 1 aromatic heterocycles. The van der Waals surface area contributed by atoms with Crippen LogP contribution >= 0.6 is 27.5 Å². The highest BCUT2D eigenvalue weighted by Gasteiger charge is 2.37. The first kappa shape index (κ1) is 15.3. The zero-order valence-corrected chi connectivity index (χ0v) is 14.9. The summed E-state index contributed by atoms with van der Waals surface area (Å²) in [5, 5.41) is 0. The lowest BCUT2D eigenvalue weighted by molar-refractivity contribution is 0.134. The Morgan fingerprint density at radius 1 is 1.33 bits per heavy atom. The molecule has 1 heterocycles. The standard InChI is InChI=1S/C16H21BrClN3/c1-20(2)16(7-3-4-8-16)11-21-14-9-12(17)5-6-13(14)19-15(21)10-18/h5-6,9H,3-4,7-8,10-11H2,1-2H3. The molecule has 0 spiro atoms. The van der Waals surface area contributed by atoms with Crippen molar-refractivity contribution >= 4 is 38.6 Å². The summed E-state index contributed by atoms with van der Waals surface area (Å²) < 4.78 is 3.40. The van der Waals surface area contributed by atoms with Crippen LogP contribution in [0, 0.1) is 0 Å². The minimum Gasteiger partial charge on any atom is -0.325 e. The summed E-state index contributed by atoms with van der Waals surface area (Å²) in [6.45, 7) is 0.967. The molecule has 0 unspecified atom stereocenters. The summed E-state index contributed by atoms with van der Waals surface area (Å²) >= 11 is 9.71. The van der Waals surface area contributed by atoms with Crippen molar-refractivity contribution in [1.29, 1.82) is 0 Å². The van der Waals surface area contributed by atoms with Crippen molar-refractivity contribution in [2.45, 2.75) is 43.6 Å². The van der Waals surface area contributed by atoms with Crippen molar-refractivity contribution in [2.24, 2.45) is 0 Å². The molecule has 21 heavy (non-hydrogen) atoms. The van der Waals surface area contributed by atoms with E-state index in [1.54, 1.807) is 0 Å². The van der Waals surface area contributed by atoms with Crippen molar-refractivity contribution in [3.05, 3.63) is 28.5 Å². The van der Waals surface area contributed by atoms with Gasteiger partial charge in [-0.2, -0.15) is 0 Å². The number of hydrogen-bond donors (Lipinski definition) is 0. The van der Waals surface area contributed by atoms with E-state index in [0.717, 1.165) is 22.4 Å². The summed E-state index contributed by atoms with van der Waals surface area (Å²) in [6, 6.07) is 6.24. The number of imidazole rings is 1. The first-order chi connectivity index (χ1) is 10.1. The summed E-state index contributed by atoms with van der Waals surface area (Å²) in [5.74, 6) is 1.42. The molecule has 1 fully saturated rings. The molecule has 3 nitrogen and oxygen atoms in total. The minimum atomic E-state index is 0.233. The number of likely N-dealkylation sites (N-methyl/N-ethyl adjacent to an activating group) is 1. The number of fused-ring (bicyclic) bond motifs is 1. The van der Waals surface area contributed by atoms with Crippen molar-refractivity contribution in [3.63, 3.8) is 0 Å². The van der Waals surface area contributed by atoms with Gasteiger partial charge < -0.3 is 9.47 Å². The Balaban J connectivity index is 2.08. The van der Waals surface area contributed by atoms with Gasteiger partial charge in [-0.05, 0) is 45.1 Å². The van der Waals surface area contributed by atoms with E-state index in [2.05, 4.69) is 51.6 Å². The molecule has 0 aliphatic heterocycles. The summed E-state index contributed by atoms with van der Waals surface area (Å²) in [5.41, 5.74) is 2.44. The third-order valence-electron chi connectivity index (χ3n) is 4.84. The predicted molar refractivity (Wildman–Crippen MR) is 91.9 cm³/mol. The minimum absolute atomic E-state index is 0.233. The molecule has 0 radical (unpaired) electrons. The SMILES string of the molecule is CN(C)C1(Cn2c(CCl)nc3ccc(Br)cc32)CCCC1. The lowest BCUT2D eigenvalue weighted by Crippen LogP contribution is -2.45. The molecular weight excluding hydrogens is 350 g/mol. The third kappa shape index (κ3) is 2.73. The first-order valence-electron chi connectivity index (χ1n) is 7.44. The highest BCUT2D eigenvalue weighted by atomic mass is 79.9. The molecule has 1 aromatic carbocycles. The zero-order valence-electron chi connectivity index (χ0n) is 12.6. The van der Waals surface area contributed by atoms with Crippen molar-refractivity contribution in [3.8, 4) is 0 Å². The van der Waals surface area contributed by atoms with Gasteiger partial charge in [-0.3, -0.25) is 0 Å². The fourth-order valence-corrected chi connectivity index (χ4v) is 4.05. The van der Waals surface area contributed by atoms with Crippen LogP contribution < -0.4 is 0 Å². The van der Waals surface area contributed by atoms with Gasteiger partial charge in [0.2, 0.25) is 0 Å². The third-order valence-corrected chi connectivity index (χ3v) is 5.58. The van der Waals surface area contributed by atoms with E-state index >= 15 is 0 Å². The molecule has 0 atom stereocenters. The van der Waals surface area contributed by atoms with Crippen LogP contribution in [0.1, 0.15) is 31.5 Å². The molecule has 114 valence electrons. The Morgan fingerprint density at radius 3 is 2.67 bits per heavy atom. The quantitative estimate of drug-likeness (QED) is 0.743. The summed E-state index contributed by atoms with van der Waals surface area (Å²) in [7, 11) is 4.39. The van der Waals surface area contributed by atoms with Crippen LogP contribution in [0.3, 0.4) is 0 Å². The molecule has 1 saturated carbocycles. The Bertz CT molecular complexity index is 644. The van der Waals surface area contributed by atoms with Crippen molar-refractivity contribution < 1.29 is 0 Å². The van der Waals surface area contributed by atoms with Gasteiger partial charge in [0, 0.05) is 16.6 Å². The van der Waals surface area contributed by atoms with E-state index in [0.29, 0.717) is 5.88 Å². The van der Waals surface area contributed by atoms with Gasteiger partial charge in [-0.15, -0.1) is 11.6 Å². The maximum absolute atomic E-state index is 6.15. The van der Waals surface area contributed by atoms with Crippen LogP contribution in [0.25, 0.3) is 11.0 Å². The van der Waals surface area contributed by atoms with E-state index in [4.69, 9.17) is 16.6 Å². The molecule has 0 bridgehead atoms. The van der Waals surface area contributed by atoms with Crippen LogP contribution in [0.15, 0.2) is 22.7 Å². The monoisotopic (exact) mass is 369 g/mol. The normalized spacial score (nSPS) is 18.0. The number of nitrogens with zero attached hydrogens (tertiary/aromatic N) is 3. The van der Waals surface area contributed by atoms with Crippen LogP contribution in [0.4, 0.5) is 0 Å². The molecule has 1 aliphatic rings. The van der Waals surface area contributed by atoms with Gasteiger partial charge in [0.15, 0.2) is 0 Å². The van der Waals surface area contributed by atoms with Gasteiger partial charge in [0.05, 0.1) is 16.9 Å². The number of benzene rings is 1. The van der Waals surface area contributed by atoms with E-state index < -0.39 is 0 Å². The number of rotatable bonds is 4. The van der Waals surface area contributed by atoms with Crippen LogP contribution in [0.2, 0.25) is 0 Å². The number of alkyl halides is 1. The predicted octanol–water partition coefficient (Wildman–Crippen LogP) is 4.41. The Hall–Kier alpha value is -0.580. The molecule has 0 saturated heterocycles. The molecule has 2 aromatic rings. The Labute approximate surface area is 139 Å². The number of aromatic nitrogens is 2. The van der Waals surface area contributed by atoms with Gasteiger partial charge in [0.25, 0.3) is 0 Å². The second-order valence-corrected chi connectivity index (χ2v) is 7.39. The van der Waals surface area contributed by atoms with Crippen LogP contribution in [-0.2, 0) is 12.4 Å². The lowest BCUT2D eigenvalue weighted by atomic mass is 9.95. The summed E-state index contributed by atoms with van der Waals surface area (Å²) in [6.07, 6.45) is 5.11. The topological polar surface area (TPSA) is 21.1 Å². The molecule has 0 N–H and O–H groups in total. The molecule has 0 amide bonds. The van der Waals surface area contributed by atoms with E-state index in [9.17, 15) is 0 Å². The molecular formula is C16H21BrClN3. The lowest BCUT2D eigenvalue weighted by Gasteiger charge is -2.37. The Morgan fingerprint density at radius 2 is 2.05 bits per heavy atom. The molecule has 1 aliphatic carbocycles. The van der Waals surface area contributed by atoms with Gasteiger partial charge in [-0.25, -0.2) is 4.98 Å². The smallest absolute Gasteiger partial charge is 0.124 e. The second kappa shape index (κ2) is 5.90.